The second kappa shape index (κ2) is 18.7. The van der Waals surface area contributed by atoms with Gasteiger partial charge in [-0.15, -0.1) is 0 Å². The molecule has 6 heteroatoms. The van der Waals surface area contributed by atoms with Gasteiger partial charge in [-0.3, -0.25) is 19.9 Å². The van der Waals surface area contributed by atoms with Crippen molar-refractivity contribution in [1.82, 2.24) is 29.9 Å². The van der Waals surface area contributed by atoms with Gasteiger partial charge in [-0.05, 0) is 98.5 Å². The largest absolute Gasteiger partial charge is 0.264 e. The summed E-state index contributed by atoms with van der Waals surface area (Å²) < 4.78 is 0. The van der Waals surface area contributed by atoms with Crippen molar-refractivity contribution in [1.29, 1.82) is 0 Å². The van der Waals surface area contributed by atoms with Gasteiger partial charge in [-0.2, -0.15) is 0 Å². The van der Waals surface area contributed by atoms with Gasteiger partial charge >= 0.3 is 0 Å². The molecule has 0 spiro atoms. The van der Waals surface area contributed by atoms with Crippen LogP contribution in [0.2, 0.25) is 0 Å². The lowest BCUT2D eigenvalue weighted by Gasteiger charge is -1.98. The van der Waals surface area contributed by atoms with Crippen LogP contribution in [0.25, 0.3) is 54.3 Å². The van der Waals surface area contributed by atoms with E-state index in [0.717, 1.165) is 33.3 Å². The maximum absolute atomic E-state index is 4.24. The quantitative estimate of drug-likeness (QED) is 0.155. The number of para-hydroxylation sites is 2. The summed E-state index contributed by atoms with van der Waals surface area (Å²) in [4.78, 5) is 25.0. The highest BCUT2D eigenvalue weighted by atomic mass is 14.8. The molecule has 0 saturated carbocycles. The zero-order valence-corrected chi connectivity index (χ0v) is 31.9. The van der Waals surface area contributed by atoms with Gasteiger partial charge in [0.15, 0.2) is 0 Å². The Morgan fingerprint density at radius 1 is 0.309 bits per heavy atom. The van der Waals surface area contributed by atoms with Crippen molar-refractivity contribution in [2.45, 2.75) is 34.6 Å². The molecule has 0 aliphatic rings. The second-order valence-electron chi connectivity index (χ2n) is 13.1. The molecule has 0 bridgehead atoms. The van der Waals surface area contributed by atoms with Crippen LogP contribution in [0, 0.1) is 34.6 Å². The molecule has 5 aromatic carbocycles. The summed E-state index contributed by atoms with van der Waals surface area (Å²) >= 11 is 0. The smallest absolute Gasteiger partial charge is 0.116 e. The molecule has 0 amide bonds. The lowest BCUT2D eigenvalue weighted by Crippen LogP contribution is -1.85. The third-order valence-electron chi connectivity index (χ3n) is 9.21. The summed E-state index contributed by atoms with van der Waals surface area (Å²) in [5.74, 6) is 0. The molecule has 5 aromatic heterocycles. The van der Waals surface area contributed by atoms with Gasteiger partial charge in [0.05, 0.1) is 16.6 Å². The Balaban J connectivity index is 0.000000117. The zero-order chi connectivity index (χ0) is 38.4. The Labute approximate surface area is 322 Å². The number of hydrogen-bond acceptors (Lipinski definition) is 6. The van der Waals surface area contributed by atoms with Gasteiger partial charge in [0.2, 0.25) is 0 Å². The number of aromatic nitrogens is 6. The molecule has 0 aliphatic carbocycles. The third-order valence-corrected chi connectivity index (χ3v) is 9.21. The number of rotatable bonds is 0. The van der Waals surface area contributed by atoms with Gasteiger partial charge in [-0.1, -0.05) is 103 Å². The monoisotopic (exact) mass is 716 g/mol. The van der Waals surface area contributed by atoms with Gasteiger partial charge in [0.25, 0.3) is 0 Å². The Hall–Kier alpha value is -6.92. The van der Waals surface area contributed by atoms with Crippen molar-refractivity contribution < 1.29 is 0 Å². The molecule has 0 radical (unpaired) electrons. The fourth-order valence-electron chi connectivity index (χ4n) is 6.17. The average molecular weight is 717 g/mol. The lowest BCUT2D eigenvalue weighted by molar-refractivity contribution is 1.15. The number of hydrogen-bond donors (Lipinski definition) is 0. The van der Waals surface area contributed by atoms with Crippen LogP contribution in [0.5, 0.6) is 0 Å². The van der Waals surface area contributed by atoms with Gasteiger partial charge in [-0.25, -0.2) is 9.97 Å². The normalized spacial score (nSPS) is 10.3. The first-order valence-corrected chi connectivity index (χ1v) is 18.3. The number of benzene rings is 5. The van der Waals surface area contributed by atoms with Crippen molar-refractivity contribution in [3.63, 3.8) is 0 Å². The van der Waals surface area contributed by atoms with Crippen LogP contribution in [-0.2, 0) is 0 Å². The SMILES string of the molecule is Cc1cccc2ncccc12.Cc1ccnc2ccccc12.Cc1cncc2ccccc12.Cc1nccc2ccccc12.Cc1ncnc2ccccc12. The lowest BCUT2D eigenvalue weighted by atomic mass is 10.1. The summed E-state index contributed by atoms with van der Waals surface area (Å²) in [6.45, 7) is 10.3. The number of aryl methyl sites for hydroxylation is 5. The van der Waals surface area contributed by atoms with E-state index in [1.54, 1.807) is 6.33 Å². The van der Waals surface area contributed by atoms with Crippen LogP contribution in [0.1, 0.15) is 28.1 Å². The Kier molecular flexibility index (Phi) is 12.9. The molecular formula is C49H44N6. The highest BCUT2D eigenvalue weighted by Gasteiger charge is 1.97. The third kappa shape index (κ3) is 9.95. The topological polar surface area (TPSA) is 77.3 Å². The number of fused-ring (bicyclic) bond motifs is 5. The van der Waals surface area contributed by atoms with E-state index in [2.05, 4.69) is 99.2 Å². The van der Waals surface area contributed by atoms with E-state index in [-0.39, 0.29) is 0 Å². The van der Waals surface area contributed by atoms with Crippen molar-refractivity contribution in [3.8, 4) is 0 Å². The molecule has 0 fully saturated rings. The fraction of sp³-hybridized carbons (Fsp3) is 0.102. The first-order valence-electron chi connectivity index (χ1n) is 18.3. The number of pyridine rings is 4. The summed E-state index contributed by atoms with van der Waals surface area (Å²) in [5.41, 5.74) is 9.12. The molecule has 270 valence electrons. The van der Waals surface area contributed by atoms with Crippen molar-refractivity contribution >= 4 is 54.3 Å². The zero-order valence-electron chi connectivity index (χ0n) is 31.9. The van der Waals surface area contributed by atoms with Gasteiger partial charge in [0.1, 0.15) is 6.33 Å². The highest BCUT2D eigenvalue weighted by Crippen LogP contribution is 2.17. The Morgan fingerprint density at radius 3 is 1.53 bits per heavy atom. The van der Waals surface area contributed by atoms with E-state index >= 15 is 0 Å². The standard InChI is InChI=1S/4C10H9N.C9H8N2/c1-8-4-2-6-10-9(8)5-3-7-11-10;1-8-6-11-7-9-4-2-3-5-10(8)9;1-8-10-5-3-2-4-9(10)6-7-11-8;1-8-6-7-11-10-5-3-2-4-9(8)10;1-7-8-4-2-3-5-9(8)11-6-10-7/h4*2-7H,1H3;2-6H,1H3. The molecule has 0 N–H and O–H groups in total. The van der Waals surface area contributed by atoms with Crippen LogP contribution in [0.3, 0.4) is 0 Å². The maximum Gasteiger partial charge on any atom is 0.116 e. The summed E-state index contributed by atoms with van der Waals surface area (Å²) in [6, 6.07) is 47.0. The van der Waals surface area contributed by atoms with E-state index < -0.39 is 0 Å². The molecule has 0 aliphatic heterocycles. The molecule has 5 heterocycles. The van der Waals surface area contributed by atoms with Crippen LogP contribution in [-0.4, -0.2) is 29.9 Å². The molecule has 10 rings (SSSR count). The molecule has 0 unspecified atom stereocenters. The molecule has 6 nitrogen and oxygen atoms in total. The molecule has 0 saturated heterocycles. The molecular weight excluding hydrogens is 673 g/mol. The minimum Gasteiger partial charge on any atom is -0.264 e. The highest BCUT2D eigenvalue weighted by molar-refractivity contribution is 5.85. The average Bonchev–Trinajstić information content (AvgIpc) is 3.23. The van der Waals surface area contributed by atoms with E-state index in [4.69, 9.17) is 0 Å². The van der Waals surface area contributed by atoms with E-state index in [9.17, 15) is 0 Å². The minimum atomic E-state index is 1.01. The van der Waals surface area contributed by atoms with Crippen LogP contribution in [0.15, 0.2) is 177 Å². The minimum absolute atomic E-state index is 1.01. The van der Waals surface area contributed by atoms with Crippen molar-refractivity contribution in [2.24, 2.45) is 0 Å². The van der Waals surface area contributed by atoms with Crippen LogP contribution in [0.4, 0.5) is 0 Å². The Bertz CT molecular complexity index is 2320. The summed E-state index contributed by atoms with van der Waals surface area (Å²) in [6.07, 6.45) is 10.9. The summed E-state index contributed by atoms with van der Waals surface area (Å²) in [7, 11) is 0. The first kappa shape index (κ1) is 37.8. The molecule has 0 atom stereocenters. The second-order valence-corrected chi connectivity index (χ2v) is 13.1. The predicted molar refractivity (Wildman–Crippen MR) is 230 cm³/mol. The van der Waals surface area contributed by atoms with Gasteiger partial charge in [0, 0.05) is 69.3 Å². The van der Waals surface area contributed by atoms with E-state index in [1.165, 1.54) is 49.0 Å². The number of nitrogens with zero attached hydrogens (tertiary/aromatic N) is 6. The Morgan fingerprint density at radius 2 is 0.836 bits per heavy atom. The molecule has 10 aromatic rings. The van der Waals surface area contributed by atoms with E-state index in [0.29, 0.717) is 0 Å². The predicted octanol–water partition coefficient (Wildman–Crippen LogP) is 12.1. The van der Waals surface area contributed by atoms with E-state index in [1.807, 2.05) is 136 Å². The van der Waals surface area contributed by atoms with Crippen LogP contribution < -0.4 is 0 Å². The van der Waals surface area contributed by atoms with Crippen LogP contribution >= 0.6 is 0 Å². The van der Waals surface area contributed by atoms with Gasteiger partial charge < -0.3 is 0 Å². The summed E-state index contributed by atoms with van der Waals surface area (Å²) in [5, 5.41) is 8.64. The van der Waals surface area contributed by atoms with Crippen molar-refractivity contribution in [2.75, 3.05) is 0 Å². The first-order chi connectivity index (χ1) is 26.9. The fourth-order valence-corrected chi connectivity index (χ4v) is 6.17. The molecule has 55 heavy (non-hydrogen) atoms. The maximum atomic E-state index is 4.24. The van der Waals surface area contributed by atoms with Crippen molar-refractivity contribution in [3.05, 3.63) is 205 Å².